The molecule has 24 heavy (non-hydrogen) atoms. The molecule has 0 bridgehead atoms. The number of piperidine rings is 1. The van der Waals surface area contributed by atoms with Crippen LogP contribution in [0.5, 0.6) is 0 Å². The van der Waals surface area contributed by atoms with Gasteiger partial charge < -0.3 is 16.4 Å². The Morgan fingerprint density at radius 2 is 2.08 bits per heavy atom. The van der Waals surface area contributed by atoms with E-state index in [0.717, 1.165) is 30.0 Å². The Bertz CT molecular complexity index is 555. The summed E-state index contributed by atoms with van der Waals surface area (Å²) in [5.41, 5.74) is 6.65. The van der Waals surface area contributed by atoms with Crippen molar-refractivity contribution in [3.8, 4) is 0 Å². The third kappa shape index (κ3) is 5.44. The maximum absolute atomic E-state index is 12.6. The van der Waals surface area contributed by atoms with E-state index in [-0.39, 0.29) is 29.1 Å². The molecule has 1 saturated heterocycles. The molecule has 136 valence electrons. The number of amides is 1. The highest BCUT2D eigenvalue weighted by Crippen LogP contribution is 2.29. The van der Waals surface area contributed by atoms with E-state index in [2.05, 4.69) is 49.6 Å². The largest absolute Gasteiger partial charge is 0.348 e. The molecule has 2 rings (SSSR count). The Labute approximate surface area is 153 Å². The molecule has 0 radical (unpaired) electrons. The van der Waals surface area contributed by atoms with Crippen molar-refractivity contribution in [1.29, 1.82) is 0 Å². The zero-order chi connectivity index (χ0) is 18.0. The fraction of sp³-hybridized carbons (Fsp3) is 0.765. The zero-order valence-corrected chi connectivity index (χ0v) is 16.9. The second-order valence-electron chi connectivity index (χ2n) is 7.93. The van der Waals surface area contributed by atoms with Gasteiger partial charge in [0.1, 0.15) is 10.7 Å². The highest BCUT2D eigenvalue weighted by Gasteiger charge is 2.38. The normalized spacial score (nSPS) is 21.4. The van der Waals surface area contributed by atoms with Crippen LogP contribution in [0, 0.1) is 0 Å². The lowest BCUT2D eigenvalue weighted by Crippen LogP contribution is -2.62. The van der Waals surface area contributed by atoms with Crippen LogP contribution in [-0.4, -0.2) is 40.0 Å². The summed E-state index contributed by atoms with van der Waals surface area (Å²) in [5, 5.41) is 9.46. The molecule has 0 spiro atoms. The molecule has 1 amide bonds. The SMILES string of the molecule is CSCCC(N)c1nc(C(=O)NC2CC(C)(C)NC(C)(C)C2)cs1. The highest BCUT2D eigenvalue weighted by molar-refractivity contribution is 7.98. The van der Waals surface area contributed by atoms with E-state index < -0.39 is 0 Å². The van der Waals surface area contributed by atoms with E-state index in [9.17, 15) is 4.79 Å². The lowest BCUT2D eigenvalue weighted by atomic mass is 9.79. The number of aromatic nitrogens is 1. The maximum Gasteiger partial charge on any atom is 0.270 e. The van der Waals surface area contributed by atoms with Crippen LogP contribution >= 0.6 is 23.1 Å². The molecular formula is C17H30N4OS2. The van der Waals surface area contributed by atoms with E-state index in [1.165, 1.54) is 11.3 Å². The number of hydrogen-bond acceptors (Lipinski definition) is 6. The van der Waals surface area contributed by atoms with E-state index in [0.29, 0.717) is 5.69 Å². The smallest absolute Gasteiger partial charge is 0.270 e. The molecule has 2 heterocycles. The number of carbonyl (C=O) groups is 1. The van der Waals surface area contributed by atoms with Gasteiger partial charge in [-0.2, -0.15) is 11.8 Å². The van der Waals surface area contributed by atoms with Crippen LogP contribution in [0.4, 0.5) is 0 Å². The van der Waals surface area contributed by atoms with Gasteiger partial charge in [0.05, 0.1) is 6.04 Å². The first-order chi connectivity index (χ1) is 11.1. The highest BCUT2D eigenvalue weighted by atomic mass is 32.2. The third-order valence-electron chi connectivity index (χ3n) is 4.23. The summed E-state index contributed by atoms with van der Waals surface area (Å²) in [7, 11) is 0. The summed E-state index contributed by atoms with van der Waals surface area (Å²) >= 11 is 3.25. The molecule has 1 fully saturated rings. The topological polar surface area (TPSA) is 80.0 Å². The van der Waals surface area contributed by atoms with E-state index in [1.54, 1.807) is 11.8 Å². The summed E-state index contributed by atoms with van der Waals surface area (Å²) in [6.07, 6.45) is 4.76. The van der Waals surface area contributed by atoms with E-state index in [1.807, 2.05) is 5.38 Å². The van der Waals surface area contributed by atoms with Crippen molar-refractivity contribution in [3.63, 3.8) is 0 Å². The second-order valence-corrected chi connectivity index (χ2v) is 9.81. The van der Waals surface area contributed by atoms with Crippen molar-refractivity contribution < 1.29 is 4.79 Å². The van der Waals surface area contributed by atoms with E-state index in [4.69, 9.17) is 5.73 Å². The van der Waals surface area contributed by atoms with Crippen molar-refractivity contribution in [2.75, 3.05) is 12.0 Å². The Morgan fingerprint density at radius 3 is 2.67 bits per heavy atom. The Hall–Kier alpha value is -0.630. The van der Waals surface area contributed by atoms with Crippen molar-refractivity contribution in [2.45, 2.75) is 70.1 Å². The molecule has 1 aromatic heterocycles. The Morgan fingerprint density at radius 1 is 1.46 bits per heavy atom. The quantitative estimate of drug-likeness (QED) is 0.717. The van der Waals surface area contributed by atoms with E-state index >= 15 is 0 Å². The molecule has 7 heteroatoms. The lowest BCUT2D eigenvalue weighted by molar-refractivity contribution is 0.0868. The molecule has 1 aliphatic heterocycles. The average molecular weight is 371 g/mol. The number of thioether (sulfide) groups is 1. The average Bonchev–Trinajstić information content (AvgIpc) is 2.91. The van der Waals surface area contributed by atoms with Gasteiger partial charge in [-0.05, 0) is 59.0 Å². The second kappa shape index (κ2) is 7.72. The number of nitrogens with one attached hydrogen (secondary N) is 2. The van der Waals surface area contributed by atoms with Gasteiger partial charge in [0.25, 0.3) is 5.91 Å². The fourth-order valence-corrected chi connectivity index (χ4v) is 4.94. The monoisotopic (exact) mass is 370 g/mol. The van der Waals surface area contributed by atoms with Crippen LogP contribution in [0.2, 0.25) is 0 Å². The van der Waals surface area contributed by atoms with Crippen molar-refractivity contribution in [1.82, 2.24) is 15.6 Å². The van der Waals surface area contributed by atoms with Gasteiger partial charge in [-0.3, -0.25) is 4.79 Å². The summed E-state index contributed by atoms with van der Waals surface area (Å²) in [6.45, 7) is 8.72. The Balaban J connectivity index is 1.98. The number of carbonyl (C=O) groups excluding carboxylic acids is 1. The molecule has 4 N–H and O–H groups in total. The number of nitrogens with two attached hydrogens (primary N) is 1. The summed E-state index contributed by atoms with van der Waals surface area (Å²) in [4.78, 5) is 17.0. The van der Waals surface area contributed by atoms with Gasteiger partial charge in [0.15, 0.2) is 0 Å². The van der Waals surface area contributed by atoms with Gasteiger partial charge in [0.2, 0.25) is 0 Å². The maximum atomic E-state index is 12.6. The number of rotatable bonds is 6. The molecule has 5 nitrogen and oxygen atoms in total. The summed E-state index contributed by atoms with van der Waals surface area (Å²) in [6, 6.07) is 0.0693. The minimum atomic E-state index is -0.0898. The van der Waals surface area contributed by atoms with Crippen molar-refractivity contribution in [2.24, 2.45) is 5.73 Å². The van der Waals surface area contributed by atoms with Gasteiger partial charge in [-0.15, -0.1) is 11.3 Å². The predicted octanol–water partition coefficient (Wildman–Crippen LogP) is 2.94. The number of nitrogens with zero attached hydrogens (tertiary/aromatic N) is 1. The predicted molar refractivity (Wildman–Crippen MR) is 104 cm³/mol. The Kier molecular flexibility index (Phi) is 6.34. The van der Waals surface area contributed by atoms with Crippen LogP contribution in [0.25, 0.3) is 0 Å². The molecule has 1 aliphatic rings. The van der Waals surface area contributed by atoms with Gasteiger partial charge >= 0.3 is 0 Å². The molecule has 1 aromatic rings. The van der Waals surface area contributed by atoms with Crippen LogP contribution in [0.3, 0.4) is 0 Å². The van der Waals surface area contributed by atoms with Crippen LogP contribution in [-0.2, 0) is 0 Å². The van der Waals surface area contributed by atoms with Crippen LogP contribution in [0.15, 0.2) is 5.38 Å². The first-order valence-electron chi connectivity index (χ1n) is 8.42. The summed E-state index contributed by atoms with van der Waals surface area (Å²) < 4.78 is 0. The molecule has 0 aromatic carbocycles. The third-order valence-corrected chi connectivity index (χ3v) is 5.85. The van der Waals surface area contributed by atoms with Crippen molar-refractivity contribution in [3.05, 3.63) is 16.1 Å². The number of hydrogen-bond donors (Lipinski definition) is 3. The zero-order valence-electron chi connectivity index (χ0n) is 15.3. The first kappa shape index (κ1) is 19.7. The van der Waals surface area contributed by atoms with Gasteiger partial charge in [0, 0.05) is 22.5 Å². The lowest BCUT2D eigenvalue weighted by Gasteiger charge is -2.46. The van der Waals surface area contributed by atoms with Gasteiger partial charge in [-0.1, -0.05) is 0 Å². The number of thiazole rings is 1. The molecule has 1 unspecified atom stereocenters. The van der Waals surface area contributed by atoms with Gasteiger partial charge in [-0.25, -0.2) is 4.98 Å². The summed E-state index contributed by atoms with van der Waals surface area (Å²) in [5.74, 6) is 0.912. The molecule has 0 saturated carbocycles. The standard InChI is InChI=1S/C17H30N4OS2/c1-16(2)8-11(9-17(3,4)21-16)19-14(22)13-10-24-15(20-13)12(18)6-7-23-5/h10-12,21H,6-9,18H2,1-5H3,(H,19,22). The minimum Gasteiger partial charge on any atom is -0.348 e. The van der Waals surface area contributed by atoms with Crippen LogP contribution in [0.1, 0.15) is 68.5 Å². The molecule has 0 aliphatic carbocycles. The molecular weight excluding hydrogens is 340 g/mol. The van der Waals surface area contributed by atoms with Crippen molar-refractivity contribution >= 4 is 29.0 Å². The molecule has 1 atom stereocenters. The fourth-order valence-electron chi connectivity index (χ4n) is 3.61. The minimum absolute atomic E-state index is 0.00705. The first-order valence-corrected chi connectivity index (χ1v) is 10.7. The van der Waals surface area contributed by atoms with Crippen LogP contribution < -0.4 is 16.4 Å².